The van der Waals surface area contributed by atoms with Gasteiger partial charge in [0.15, 0.2) is 11.6 Å². The van der Waals surface area contributed by atoms with Crippen LogP contribution in [0.3, 0.4) is 0 Å². The SMILES string of the molecule is C=C[C@@H]1C[C@]1(CC(=O)[C@@H]1C[C@@]2(CN1C(=O)[C@@H](CC(=O)[C@@H](NC(=O)c1cc(C)nn1CC)C1CCCCC1)C(C)(C)C)C(C)(C)C21CCC1)C(=O)NS(=O)(=O)N1CCCC1. The zero-order chi connectivity index (χ0) is 42.9. The molecule has 6 fully saturated rings. The minimum atomic E-state index is -4.07. The minimum absolute atomic E-state index is 0.0163. The van der Waals surface area contributed by atoms with Crippen LogP contribution >= 0.6 is 0 Å². The first-order valence-corrected chi connectivity index (χ1v) is 23.8. The molecular formula is C45H68N6O7S. The number of Topliss-reactive ketones (excluding diaryl/α,β-unsaturated/α-hetero) is 2. The molecule has 6 atom stereocenters. The number of carbonyl (C=O) groups is 5. The number of nitrogens with one attached hydrogen (secondary N) is 2. The Labute approximate surface area is 351 Å². The molecule has 7 rings (SSSR count). The van der Waals surface area contributed by atoms with Crippen LogP contribution in [-0.2, 0) is 35.9 Å². The van der Waals surface area contributed by atoms with Gasteiger partial charge >= 0.3 is 10.2 Å². The number of rotatable bonds is 15. The first-order chi connectivity index (χ1) is 27.7. The molecule has 4 aliphatic carbocycles. The van der Waals surface area contributed by atoms with Crippen molar-refractivity contribution in [1.82, 2.24) is 29.0 Å². The highest BCUT2D eigenvalue weighted by Crippen LogP contribution is 2.88. The maximum absolute atomic E-state index is 15.3. The van der Waals surface area contributed by atoms with Crippen molar-refractivity contribution in [2.24, 2.45) is 44.8 Å². The van der Waals surface area contributed by atoms with E-state index in [-0.39, 0.29) is 64.3 Å². The van der Waals surface area contributed by atoms with E-state index < -0.39 is 44.9 Å². The Bertz CT molecular complexity index is 1980. The van der Waals surface area contributed by atoms with Crippen LogP contribution in [0, 0.1) is 51.8 Å². The van der Waals surface area contributed by atoms with E-state index in [1.165, 1.54) is 4.31 Å². The van der Waals surface area contributed by atoms with Crippen LogP contribution in [0.25, 0.3) is 0 Å². The van der Waals surface area contributed by atoms with Gasteiger partial charge in [0.25, 0.3) is 5.91 Å². The van der Waals surface area contributed by atoms with Gasteiger partial charge in [0.05, 0.1) is 23.2 Å². The van der Waals surface area contributed by atoms with E-state index in [9.17, 15) is 27.6 Å². The molecule has 0 aromatic carbocycles. The van der Waals surface area contributed by atoms with Crippen molar-refractivity contribution in [1.29, 1.82) is 0 Å². The van der Waals surface area contributed by atoms with Gasteiger partial charge in [-0.15, -0.1) is 6.58 Å². The smallest absolute Gasteiger partial charge is 0.303 e. The highest BCUT2D eigenvalue weighted by molar-refractivity contribution is 7.87. The van der Waals surface area contributed by atoms with Gasteiger partial charge in [0.2, 0.25) is 11.8 Å². The van der Waals surface area contributed by atoms with E-state index in [4.69, 9.17) is 0 Å². The van der Waals surface area contributed by atoms with E-state index >= 15 is 4.79 Å². The van der Waals surface area contributed by atoms with E-state index in [1.54, 1.807) is 21.7 Å². The summed E-state index contributed by atoms with van der Waals surface area (Å²) in [6.45, 7) is 19.6. The molecule has 13 nitrogen and oxygen atoms in total. The molecule has 14 heteroatoms. The van der Waals surface area contributed by atoms with Crippen molar-refractivity contribution in [3.8, 4) is 0 Å². The summed E-state index contributed by atoms with van der Waals surface area (Å²) in [5.41, 5.74) is -1.19. The van der Waals surface area contributed by atoms with Crippen LogP contribution in [0.1, 0.15) is 148 Å². The molecule has 59 heavy (non-hydrogen) atoms. The zero-order valence-electron chi connectivity index (χ0n) is 36.5. The number of ketones is 2. The molecule has 6 aliphatic rings. The quantitative estimate of drug-likeness (QED) is 0.206. The van der Waals surface area contributed by atoms with Crippen molar-refractivity contribution in [2.45, 2.75) is 157 Å². The standard InChI is InChI=1S/C45H68N6O7S/c1-9-31-25-43(31,40(56)48-59(57,58)49-21-14-15-22-49)27-36(53)34-26-45(42(7,8)44(45)19-16-20-44)28-50(34)39(55)32(41(4,5)6)24-35(52)37(30-17-12-11-13-18-30)46-38(54)33-23-29(3)47-51(33)10-2/h9,23,30-32,34,37H,1,10-22,24-28H2,2-8H3,(H,46,54)(H,48,56)/t31-,32-,34+,37+,43-,45-/m1/s1. The average molecular weight is 837 g/mol. The Morgan fingerprint density at radius 3 is 2.19 bits per heavy atom. The third-order valence-corrected chi connectivity index (χ3v) is 17.9. The lowest BCUT2D eigenvalue weighted by atomic mass is 9.73. The summed E-state index contributed by atoms with van der Waals surface area (Å²) >= 11 is 0. The van der Waals surface area contributed by atoms with Crippen molar-refractivity contribution in [2.75, 3.05) is 19.6 Å². The first-order valence-electron chi connectivity index (χ1n) is 22.3. The largest absolute Gasteiger partial charge is 0.341 e. The zero-order valence-corrected chi connectivity index (χ0v) is 37.3. The first kappa shape index (κ1) is 43.7. The molecule has 2 N–H and O–H groups in total. The fraction of sp³-hybridized carbons (Fsp3) is 0.778. The predicted octanol–water partition coefficient (Wildman–Crippen LogP) is 5.92. The average Bonchev–Trinajstić information content (AvgIpc) is 3.56. The molecule has 1 aromatic rings. The minimum Gasteiger partial charge on any atom is -0.341 e. The summed E-state index contributed by atoms with van der Waals surface area (Å²) in [5.74, 6) is -2.94. The highest BCUT2D eigenvalue weighted by Gasteiger charge is 2.85. The number of nitrogens with zero attached hydrogens (tertiary/aromatic N) is 4. The number of hydrogen-bond donors (Lipinski definition) is 2. The Balaban J connectivity index is 1.16. The lowest BCUT2D eigenvalue weighted by molar-refractivity contribution is -0.146. The molecule has 326 valence electrons. The number of amides is 3. The van der Waals surface area contributed by atoms with E-state index in [1.807, 2.05) is 34.6 Å². The number of likely N-dealkylation sites (tertiary alicyclic amines) is 1. The Morgan fingerprint density at radius 2 is 1.64 bits per heavy atom. The maximum atomic E-state index is 15.3. The van der Waals surface area contributed by atoms with E-state index in [0.29, 0.717) is 50.4 Å². The van der Waals surface area contributed by atoms with Gasteiger partial charge in [-0.25, -0.2) is 4.72 Å². The molecule has 3 heterocycles. The number of fused-ring (bicyclic) bond motifs is 1. The fourth-order valence-corrected chi connectivity index (χ4v) is 13.7. The Kier molecular flexibility index (Phi) is 11.5. The molecule has 2 aliphatic heterocycles. The molecule has 0 radical (unpaired) electrons. The Morgan fingerprint density at radius 1 is 0.983 bits per heavy atom. The predicted molar refractivity (Wildman–Crippen MR) is 224 cm³/mol. The summed E-state index contributed by atoms with van der Waals surface area (Å²) in [4.78, 5) is 74.4. The van der Waals surface area contributed by atoms with Crippen LogP contribution in [0.4, 0.5) is 0 Å². The van der Waals surface area contributed by atoms with Crippen molar-refractivity contribution >= 4 is 39.5 Å². The van der Waals surface area contributed by atoms with Crippen LogP contribution in [-0.4, -0.2) is 88.4 Å². The third kappa shape index (κ3) is 7.33. The highest BCUT2D eigenvalue weighted by atomic mass is 32.2. The molecule has 3 amide bonds. The fourth-order valence-electron chi connectivity index (χ4n) is 12.4. The summed E-state index contributed by atoms with van der Waals surface area (Å²) in [7, 11) is -4.07. The summed E-state index contributed by atoms with van der Waals surface area (Å²) in [6.07, 6.45) is 11.3. The molecule has 2 spiro atoms. The van der Waals surface area contributed by atoms with Crippen LogP contribution in [0.5, 0.6) is 0 Å². The van der Waals surface area contributed by atoms with Gasteiger partial charge in [0, 0.05) is 50.4 Å². The van der Waals surface area contributed by atoms with E-state index in [2.05, 4.69) is 35.6 Å². The number of hydrogen-bond acceptors (Lipinski definition) is 8. The van der Waals surface area contributed by atoms with Crippen LogP contribution < -0.4 is 10.0 Å². The number of carbonyl (C=O) groups excluding carboxylic acids is 5. The number of aromatic nitrogens is 2. The molecule has 4 saturated carbocycles. The second kappa shape index (κ2) is 15.5. The van der Waals surface area contributed by atoms with Gasteiger partial charge in [-0.1, -0.05) is 66.4 Å². The number of allylic oxidation sites excluding steroid dienone is 1. The molecule has 1 aromatic heterocycles. The van der Waals surface area contributed by atoms with Crippen molar-refractivity contribution in [3.63, 3.8) is 0 Å². The molecule has 0 unspecified atom stereocenters. The van der Waals surface area contributed by atoms with Crippen LogP contribution in [0.15, 0.2) is 18.7 Å². The lowest BCUT2D eigenvalue weighted by Gasteiger charge is -2.37. The van der Waals surface area contributed by atoms with Gasteiger partial charge in [0.1, 0.15) is 5.69 Å². The lowest BCUT2D eigenvalue weighted by Crippen LogP contribution is -2.51. The van der Waals surface area contributed by atoms with E-state index in [0.717, 1.165) is 64.2 Å². The van der Waals surface area contributed by atoms with Crippen LogP contribution in [0.2, 0.25) is 0 Å². The molecule has 2 saturated heterocycles. The van der Waals surface area contributed by atoms with Gasteiger partial charge < -0.3 is 10.2 Å². The molecule has 0 bridgehead atoms. The van der Waals surface area contributed by atoms with Gasteiger partial charge in [-0.2, -0.15) is 17.8 Å². The summed E-state index contributed by atoms with van der Waals surface area (Å²) in [6, 6.07) is 0.139. The second-order valence-electron chi connectivity index (χ2n) is 20.6. The summed E-state index contributed by atoms with van der Waals surface area (Å²) < 4.78 is 31.7. The third-order valence-electron chi connectivity index (χ3n) is 16.4. The van der Waals surface area contributed by atoms with Crippen molar-refractivity contribution < 1.29 is 32.4 Å². The van der Waals surface area contributed by atoms with Gasteiger partial charge in [-0.3, -0.25) is 28.7 Å². The topological polar surface area (TPSA) is 168 Å². The van der Waals surface area contributed by atoms with Crippen molar-refractivity contribution in [3.05, 3.63) is 30.1 Å². The summed E-state index contributed by atoms with van der Waals surface area (Å²) in [5, 5.41) is 7.55. The van der Waals surface area contributed by atoms with Gasteiger partial charge in [-0.05, 0) is 99.4 Å². The maximum Gasteiger partial charge on any atom is 0.303 e. The molecular weight excluding hydrogens is 769 g/mol. The monoisotopic (exact) mass is 836 g/mol. The normalized spacial score (nSPS) is 29.8. The number of aryl methyl sites for hydroxylation is 2. The Hall–Kier alpha value is -3.39. The second-order valence-corrected chi connectivity index (χ2v) is 22.3.